The number of carbonyl (C=O) groups excluding carboxylic acids is 1. The molecule has 0 saturated heterocycles. The molecule has 0 spiro atoms. The lowest BCUT2D eigenvalue weighted by atomic mass is 10.2. The standard InChI is InChI=1S/C17H11N3O4S/c21-13-7-12(18-10-4-2-1-3-9(10)13)17(23)24-8-14-19-11-5-6-25-15(11)16(22)20-14/h1-7H,8H2,(H,18,21)(H,19,20,22). The molecule has 0 aliphatic rings. The quantitative estimate of drug-likeness (QED) is 0.549. The number of esters is 1. The van der Waals surface area contributed by atoms with Gasteiger partial charge >= 0.3 is 5.97 Å². The highest BCUT2D eigenvalue weighted by molar-refractivity contribution is 7.17. The van der Waals surface area contributed by atoms with Gasteiger partial charge in [0.15, 0.2) is 5.43 Å². The van der Waals surface area contributed by atoms with Crippen molar-refractivity contribution >= 4 is 38.4 Å². The normalized spacial score (nSPS) is 11.0. The number of carbonyl (C=O) groups is 1. The smallest absolute Gasteiger partial charge is 0.355 e. The van der Waals surface area contributed by atoms with E-state index in [1.165, 1.54) is 17.4 Å². The van der Waals surface area contributed by atoms with Crippen LogP contribution in [0.2, 0.25) is 0 Å². The first-order valence-electron chi connectivity index (χ1n) is 7.37. The molecule has 124 valence electrons. The summed E-state index contributed by atoms with van der Waals surface area (Å²) in [4.78, 5) is 45.8. The van der Waals surface area contributed by atoms with Gasteiger partial charge in [-0.15, -0.1) is 11.3 Å². The number of fused-ring (bicyclic) bond motifs is 2. The number of ether oxygens (including phenoxy) is 1. The number of nitrogens with zero attached hydrogens (tertiary/aromatic N) is 1. The number of nitrogens with one attached hydrogen (secondary N) is 2. The average molecular weight is 353 g/mol. The third-order valence-corrected chi connectivity index (χ3v) is 4.56. The van der Waals surface area contributed by atoms with Crippen LogP contribution in [0.5, 0.6) is 0 Å². The molecule has 0 saturated carbocycles. The molecule has 7 nitrogen and oxygen atoms in total. The van der Waals surface area contributed by atoms with E-state index in [4.69, 9.17) is 4.74 Å². The molecule has 0 bridgehead atoms. The van der Waals surface area contributed by atoms with E-state index >= 15 is 0 Å². The van der Waals surface area contributed by atoms with Crippen LogP contribution >= 0.6 is 11.3 Å². The van der Waals surface area contributed by atoms with Gasteiger partial charge in [0, 0.05) is 17.0 Å². The molecular formula is C17H11N3O4S. The van der Waals surface area contributed by atoms with Gasteiger partial charge in [-0.25, -0.2) is 9.78 Å². The Morgan fingerprint density at radius 1 is 1.16 bits per heavy atom. The van der Waals surface area contributed by atoms with Crippen molar-refractivity contribution in [2.24, 2.45) is 0 Å². The summed E-state index contributed by atoms with van der Waals surface area (Å²) >= 11 is 1.29. The highest BCUT2D eigenvalue weighted by Gasteiger charge is 2.12. The number of hydrogen-bond donors (Lipinski definition) is 2. The Morgan fingerprint density at radius 2 is 2.00 bits per heavy atom. The minimum Gasteiger partial charge on any atom is -0.453 e. The Bertz CT molecular complexity index is 1220. The Kier molecular flexibility index (Phi) is 3.66. The van der Waals surface area contributed by atoms with Crippen LogP contribution in [-0.2, 0) is 11.3 Å². The molecule has 0 aliphatic carbocycles. The highest BCUT2D eigenvalue weighted by Crippen LogP contribution is 2.14. The molecule has 1 aromatic carbocycles. The zero-order chi connectivity index (χ0) is 17.4. The van der Waals surface area contributed by atoms with Crippen molar-refractivity contribution in [3.05, 3.63) is 73.9 Å². The second kappa shape index (κ2) is 5.99. The summed E-state index contributed by atoms with van der Waals surface area (Å²) in [5, 5.41) is 2.26. The fourth-order valence-electron chi connectivity index (χ4n) is 2.51. The van der Waals surface area contributed by atoms with Crippen LogP contribution in [0.3, 0.4) is 0 Å². The van der Waals surface area contributed by atoms with E-state index < -0.39 is 5.97 Å². The van der Waals surface area contributed by atoms with Crippen molar-refractivity contribution in [2.75, 3.05) is 0 Å². The van der Waals surface area contributed by atoms with Gasteiger partial charge in [-0.3, -0.25) is 9.59 Å². The maximum absolute atomic E-state index is 12.2. The van der Waals surface area contributed by atoms with Gasteiger partial charge < -0.3 is 14.7 Å². The molecule has 8 heteroatoms. The molecule has 2 N–H and O–H groups in total. The molecule has 0 radical (unpaired) electrons. The number of H-pyrrole nitrogens is 2. The Morgan fingerprint density at radius 3 is 2.88 bits per heavy atom. The summed E-state index contributed by atoms with van der Waals surface area (Å²) in [6.45, 7) is -0.200. The molecular weight excluding hydrogens is 342 g/mol. The summed E-state index contributed by atoms with van der Waals surface area (Å²) in [6, 6.07) is 9.81. The van der Waals surface area contributed by atoms with Crippen molar-refractivity contribution in [1.29, 1.82) is 0 Å². The first kappa shape index (κ1) is 15.3. The maximum atomic E-state index is 12.2. The predicted octanol–water partition coefficient (Wildman–Crippen LogP) is 2.18. The van der Waals surface area contributed by atoms with E-state index in [2.05, 4.69) is 15.0 Å². The van der Waals surface area contributed by atoms with Gasteiger partial charge in [-0.05, 0) is 23.6 Å². The third kappa shape index (κ3) is 2.83. The number of thiophene rings is 1. The molecule has 0 amide bonds. The van der Waals surface area contributed by atoms with Crippen LogP contribution in [0.15, 0.2) is 51.4 Å². The number of rotatable bonds is 3. The van der Waals surface area contributed by atoms with E-state index in [0.29, 0.717) is 21.1 Å². The van der Waals surface area contributed by atoms with Crippen LogP contribution in [0.4, 0.5) is 0 Å². The molecule has 25 heavy (non-hydrogen) atoms. The van der Waals surface area contributed by atoms with Gasteiger partial charge in [0.1, 0.15) is 22.8 Å². The Hall–Kier alpha value is -3.26. The largest absolute Gasteiger partial charge is 0.453 e. The molecule has 0 aliphatic heterocycles. The minimum absolute atomic E-state index is 0.0441. The third-order valence-electron chi connectivity index (χ3n) is 3.66. The van der Waals surface area contributed by atoms with Crippen molar-refractivity contribution in [1.82, 2.24) is 15.0 Å². The number of hydrogen-bond acceptors (Lipinski definition) is 6. The average Bonchev–Trinajstić information content (AvgIpc) is 3.09. The number of pyridine rings is 1. The minimum atomic E-state index is -0.698. The van der Waals surface area contributed by atoms with Crippen LogP contribution in [0, 0.1) is 0 Å². The van der Waals surface area contributed by atoms with E-state index in [0.717, 1.165) is 0 Å². The second-order valence-electron chi connectivity index (χ2n) is 5.32. The van der Waals surface area contributed by atoms with Gasteiger partial charge in [0.05, 0.1) is 5.52 Å². The molecule has 3 aromatic heterocycles. The molecule has 3 heterocycles. The number of aromatic nitrogens is 3. The van der Waals surface area contributed by atoms with Crippen molar-refractivity contribution < 1.29 is 9.53 Å². The van der Waals surface area contributed by atoms with E-state index in [-0.39, 0.29) is 29.1 Å². The SMILES string of the molecule is O=C(OCc1nc2ccsc2c(=O)[nH]1)c1cc(=O)c2ccccc2[nH]1. The van der Waals surface area contributed by atoms with Crippen molar-refractivity contribution in [2.45, 2.75) is 6.61 Å². The van der Waals surface area contributed by atoms with Gasteiger partial charge in [0.25, 0.3) is 5.56 Å². The van der Waals surface area contributed by atoms with Crippen LogP contribution in [0.1, 0.15) is 16.3 Å². The maximum Gasteiger partial charge on any atom is 0.355 e. The van der Waals surface area contributed by atoms with Gasteiger partial charge in [-0.1, -0.05) is 12.1 Å². The second-order valence-corrected chi connectivity index (χ2v) is 6.23. The fourth-order valence-corrected chi connectivity index (χ4v) is 3.23. The van der Waals surface area contributed by atoms with Crippen molar-refractivity contribution in [3.63, 3.8) is 0 Å². The monoisotopic (exact) mass is 353 g/mol. The molecule has 4 aromatic rings. The zero-order valence-electron chi connectivity index (χ0n) is 12.7. The lowest BCUT2D eigenvalue weighted by Gasteiger charge is -2.06. The van der Waals surface area contributed by atoms with Gasteiger partial charge in [-0.2, -0.15) is 0 Å². The number of aromatic amines is 2. The Balaban J connectivity index is 1.59. The molecule has 0 fully saturated rings. The van der Waals surface area contributed by atoms with Gasteiger partial charge in [0.2, 0.25) is 0 Å². The first-order chi connectivity index (χ1) is 12.1. The van der Waals surface area contributed by atoms with E-state index in [1.807, 2.05) is 0 Å². The van der Waals surface area contributed by atoms with Crippen LogP contribution in [0.25, 0.3) is 21.1 Å². The van der Waals surface area contributed by atoms with Crippen LogP contribution < -0.4 is 11.0 Å². The summed E-state index contributed by atoms with van der Waals surface area (Å²) in [7, 11) is 0. The topological polar surface area (TPSA) is 105 Å². The molecule has 0 atom stereocenters. The molecule has 0 unspecified atom stereocenters. The highest BCUT2D eigenvalue weighted by atomic mass is 32.1. The van der Waals surface area contributed by atoms with E-state index in [9.17, 15) is 14.4 Å². The predicted molar refractivity (Wildman–Crippen MR) is 93.9 cm³/mol. The summed E-state index contributed by atoms with van der Waals surface area (Å²) in [5.41, 5.74) is 0.604. The summed E-state index contributed by atoms with van der Waals surface area (Å²) in [6.07, 6.45) is 0. The lowest BCUT2D eigenvalue weighted by Crippen LogP contribution is -2.15. The summed E-state index contributed by atoms with van der Waals surface area (Å²) < 4.78 is 5.68. The summed E-state index contributed by atoms with van der Waals surface area (Å²) in [5.74, 6) is -0.455. The number of para-hydroxylation sites is 1. The Labute approximate surface area is 143 Å². The first-order valence-corrected chi connectivity index (χ1v) is 8.25. The zero-order valence-corrected chi connectivity index (χ0v) is 13.6. The number of benzene rings is 1. The van der Waals surface area contributed by atoms with Crippen molar-refractivity contribution in [3.8, 4) is 0 Å². The molecule has 4 rings (SSSR count). The fraction of sp³-hybridized carbons (Fsp3) is 0.0588. The van der Waals surface area contributed by atoms with E-state index in [1.54, 1.807) is 35.7 Å². The lowest BCUT2D eigenvalue weighted by molar-refractivity contribution is 0.0455. The van der Waals surface area contributed by atoms with Crippen LogP contribution in [-0.4, -0.2) is 20.9 Å².